The Kier molecular flexibility index (Phi) is 3.29. The first-order valence-corrected chi connectivity index (χ1v) is 4.77. The minimum atomic E-state index is 0.0106. The summed E-state index contributed by atoms with van der Waals surface area (Å²) >= 11 is 0. The molecule has 13 heavy (non-hydrogen) atoms. The van der Waals surface area contributed by atoms with Gasteiger partial charge < -0.3 is 4.74 Å². The Hall–Kier alpha value is -0.590. The Bertz CT molecular complexity index is 196. The molecule has 0 radical (unpaired) electrons. The molecule has 0 aliphatic carbocycles. The minimum Gasteiger partial charge on any atom is -0.379 e. The Morgan fingerprint density at radius 2 is 1.85 bits per heavy atom. The van der Waals surface area contributed by atoms with Gasteiger partial charge in [-0.25, -0.2) is 0 Å². The first kappa shape index (κ1) is 10.5. The fraction of sp³-hybridized carbons (Fsp3) is 0.900. The summed E-state index contributed by atoms with van der Waals surface area (Å²) in [6, 6.07) is 2.39. The van der Waals surface area contributed by atoms with Crippen molar-refractivity contribution in [3.63, 3.8) is 0 Å². The van der Waals surface area contributed by atoms with Crippen LogP contribution in [0.1, 0.15) is 20.8 Å². The van der Waals surface area contributed by atoms with E-state index in [1.54, 1.807) is 0 Å². The maximum absolute atomic E-state index is 9.08. The van der Waals surface area contributed by atoms with Crippen molar-refractivity contribution in [1.82, 2.24) is 4.90 Å². The van der Waals surface area contributed by atoms with Gasteiger partial charge in [0.25, 0.3) is 0 Å². The molecule has 1 aliphatic heterocycles. The highest BCUT2D eigenvalue weighted by Gasteiger charge is 2.31. The smallest absolute Gasteiger partial charge is 0.103 e. The van der Waals surface area contributed by atoms with Crippen LogP contribution in [-0.4, -0.2) is 37.2 Å². The molecule has 1 heterocycles. The van der Waals surface area contributed by atoms with Crippen molar-refractivity contribution in [3.05, 3.63) is 0 Å². The molecule has 1 rings (SSSR count). The van der Waals surface area contributed by atoms with Crippen molar-refractivity contribution >= 4 is 0 Å². The SMILES string of the molecule is CC(C)(C)C(C#N)N1CCOCC1. The van der Waals surface area contributed by atoms with Crippen molar-refractivity contribution in [2.24, 2.45) is 5.41 Å². The maximum atomic E-state index is 9.08. The van der Waals surface area contributed by atoms with E-state index in [0.29, 0.717) is 0 Å². The number of nitriles is 1. The Balaban J connectivity index is 2.61. The summed E-state index contributed by atoms with van der Waals surface area (Å²) in [7, 11) is 0. The third-order valence-corrected chi connectivity index (χ3v) is 2.35. The summed E-state index contributed by atoms with van der Waals surface area (Å²) < 4.78 is 5.26. The van der Waals surface area contributed by atoms with Crippen LogP contribution in [0.3, 0.4) is 0 Å². The molecule has 0 aromatic rings. The molecule has 1 saturated heterocycles. The molecule has 0 amide bonds. The second-order valence-corrected chi connectivity index (χ2v) is 4.55. The van der Waals surface area contributed by atoms with Crippen LogP contribution < -0.4 is 0 Å². The molecule has 1 aliphatic rings. The van der Waals surface area contributed by atoms with Gasteiger partial charge in [-0.05, 0) is 5.41 Å². The lowest BCUT2D eigenvalue weighted by Gasteiger charge is -2.37. The van der Waals surface area contributed by atoms with E-state index in [-0.39, 0.29) is 11.5 Å². The first-order valence-electron chi connectivity index (χ1n) is 4.77. The maximum Gasteiger partial charge on any atom is 0.103 e. The highest BCUT2D eigenvalue weighted by atomic mass is 16.5. The summed E-state index contributed by atoms with van der Waals surface area (Å²) in [5.41, 5.74) is 0.0338. The molecule has 74 valence electrons. The van der Waals surface area contributed by atoms with Crippen molar-refractivity contribution < 1.29 is 4.74 Å². The lowest BCUT2D eigenvalue weighted by molar-refractivity contribution is 0.00589. The fourth-order valence-corrected chi connectivity index (χ4v) is 1.66. The van der Waals surface area contributed by atoms with Crippen LogP contribution in [0, 0.1) is 16.7 Å². The third kappa shape index (κ3) is 2.68. The Labute approximate surface area is 80.3 Å². The molecule has 0 aromatic heterocycles. The van der Waals surface area contributed by atoms with E-state index in [2.05, 4.69) is 31.7 Å². The monoisotopic (exact) mass is 182 g/mol. The Morgan fingerprint density at radius 1 is 1.31 bits per heavy atom. The minimum absolute atomic E-state index is 0.0106. The van der Waals surface area contributed by atoms with Gasteiger partial charge in [-0.15, -0.1) is 0 Å². The van der Waals surface area contributed by atoms with Gasteiger partial charge in [-0.3, -0.25) is 4.90 Å². The molecule has 0 bridgehead atoms. The van der Waals surface area contributed by atoms with Crippen LogP contribution in [0.25, 0.3) is 0 Å². The molecule has 0 N–H and O–H groups in total. The van der Waals surface area contributed by atoms with E-state index < -0.39 is 0 Å². The molecular weight excluding hydrogens is 164 g/mol. The van der Waals surface area contributed by atoms with Gasteiger partial charge >= 0.3 is 0 Å². The summed E-state index contributed by atoms with van der Waals surface area (Å²) in [5.74, 6) is 0. The predicted octanol–water partition coefficient (Wildman–Crippen LogP) is 1.26. The van der Waals surface area contributed by atoms with Gasteiger partial charge in [0.1, 0.15) is 6.04 Å². The summed E-state index contributed by atoms with van der Waals surface area (Å²) in [6.07, 6.45) is 0. The van der Waals surface area contributed by atoms with Gasteiger partial charge in [0.05, 0.1) is 19.3 Å². The van der Waals surface area contributed by atoms with E-state index in [9.17, 15) is 0 Å². The van der Waals surface area contributed by atoms with Crippen molar-refractivity contribution in [1.29, 1.82) is 5.26 Å². The Morgan fingerprint density at radius 3 is 2.23 bits per heavy atom. The van der Waals surface area contributed by atoms with E-state index >= 15 is 0 Å². The van der Waals surface area contributed by atoms with Crippen molar-refractivity contribution in [3.8, 4) is 6.07 Å². The lowest BCUT2D eigenvalue weighted by atomic mass is 9.86. The molecule has 3 nitrogen and oxygen atoms in total. The summed E-state index contributed by atoms with van der Waals surface area (Å²) in [4.78, 5) is 2.21. The molecule has 3 heteroatoms. The molecule has 0 aromatic carbocycles. The summed E-state index contributed by atoms with van der Waals surface area (Å²) in [5, 5.41) is 9.08. The van der Waals surface area contributed by atoms with Gasteiger partial charge in [0.15, 0.2) is 0 Å². The predicted molar refractivity (Wildman–Crippen MR) is 51.2 cm³/mol. The zero-order valence-corrected chi connectivity index (χ0v) is 8.71. The van der Waals surface area contributed by atoms with Crippen LogP contribution in [0.15, 0.2) is 0 Å². The van der Waals surface area contributed by atoms with E-state index in [1.165, 1.54) is 0 Å². The highest BCUT2D eigenvalue weighted by molar-refractivity contribution is 4.99. The van der Waals surface area contributed by atoms with Gasteiger partial charge in [-0.1, -0.05) is 20.8 Å². The zero-order valence-electron chi connectivity index (χ0n) is 8.71. The number of hydrogen-bond acceptors (Lipinski definition) is 3. The molecule has 1 atom stereocenters. The molecular formula is C10H18N2O. The zero-order chi connectivity index (χ0) is 9.90. The average molecular weight is 182 g/mol. The normalized spacial score (nSPS) is 22.3. The van der Waals surface area contributed by atoms with E-state index in [4.69, 9.17) is 10.00 Å². The quantitative estimate of drug-likeness (QED) is 0.612. The van der Waals surface area contributed by atoms with Gasteiger partial charge in [0.2, 0.25) is 0 Å². The summed E-state index contributed by atoms with van der Waals surface area (Å²) in [6.45, 7) is 9.61. The van der Waals surface area contributed by atoms with Crippen LogP contribution in [0.5, 0.6) is 0 Å². The second kappa shape index (κ2) is 4.08. The third-order valence-electron chi connectivity index (χ3n) is 2.35. The largest absolute Gasteiger partial charge is 0.379 e. The number of ether oxygens (including phenoxy) is 1. The van der Waals surface area contributed by atoms with Crippen molar-refractivity contribution in [2.75, 3.05) is 26.3 Å². The lowest BCUT2D eigenvalue weighted by Crippen LogP contribution is -2.48. The topological polar surface area (TPSA) is 36.3 Å². The second-order valence-electron chi connectivity index (χ2n) is 4.55. The molecule has 0 spiro atoms. The van der Waals surface area contributed by atoms with E-state index in [0.717, 1.165) is 26.3 Å². The van der Waals surface area contributed by atoms with Crippen LogP contribution >= 0.6 is 0 Å². The molecule has 1 unspecified atom stereocenters. The van der Waals surface area contributed by atoms with Crippen LogP contribution in [0.4, 0.5) is 0 Å². The number of hydrogen-bond donors (Lipinski definition) is 0. The van der Waals surface area contributed by atoms with Crippen molar-refractivity contribution in [2.45, 2.75) is 26.8 Å². The molecule has 1 fully saturated rings. The number of morpholine rings is 1. The molecule has 0 saturated carbocycles. The average Bonchev–Trinajstić information content (AvgIpc) is 2.05. The van der Waals surface area contributed by atoms with Gasteiger partial charge in [0, 0.05) is 13.1 Å². The highest BCUT2D eigenvalue weighted by Crippen LogP contribution is 2.24. The van der Waals surface area contributed by atoms with Gasteiger partial charge in [-0.2, -0.15) is 5.26 Å². The standard InChI is InChI=1S/C10H18N2O/c1-10(2,3)9(8-11)12-4-6-13-7-5-12/h9H,4-7H2,1-3H3. The fourth-order valence-electron chi connectivity index (χ4n) is 1.66. The number of nitrogens with zero attached hydrogens (tertiary/aromatic N) is 2. The first-order chi connectivity index (χ1) is 6.05. The number of rotatable bonds is 1. The van der Waals surface area contributed by atoms with E-state index in [1.807, 2.05) is 0 Å². The van der Waals surface area contributed by atoms with Crippen LogP contribution in [-0.2, 0) is 4.74 Å². The van der Waals surface area contributed by atoms with Crippen LogP contribution in [0.2, 0.25) is 0 Å².